The second-order valence-electron chi connectivity index (χ2n) is 4.42. The van der Waals surface area contributed by atoms with Crippen LogP contribution in [0.4, 0.5) is 9.59 Å². The summed E-state index contributed by atoms with van der Waals surface area (Å²) in [5.74, 6) is -0.0804. The van der Waals surface area contributed by atoms with Crippen LogP contribution in [0.5, 0.6) is 0 Å². The van der Waals surface area contributed by atoms with E-state index in [1.54, 1.807) is 24.3 Å². The number of halogens is 1. The van der Waals surface area contributed by atoms with Crippen LogP contribution in [0, 0.1) is 5.92 Å². The summed E-state index contributed by atoms with van der Waals surface area (Å²) in [5, 5.41) is 0.474. The quantitative estimate of drug-likeness (QED) is 0.842. The van der Waals surface area contributed by atoms with E-state index in [9.17, 15) is 9.59 Å². The SMILES string of the molecule is C[C@H](COC(N)=O)C[C@H](OC(N)=O)c1ccccc1Cl. The minimum absolute atomic E-state index is 0.0804. The van der Waals surface area contributed by atoms with E-state index >= 15 is 0 Å². The molecule has 0 heterocycles. The van der Waals surface area contributed by atoms with Gasteiger partial charge in [-0.2, -0.15) is 0 Å². The third-order valence-electron chi connectivity index (χ3n) is 2.64. The van der Waals surface area contributed by atoms with Gasteiger partial charge in [-0.25, -0.2) is 9.59 Å². The van der Waals surface area contributed by atoms with Crippen molar-refractivity contribution in [3.8, 4) is 0 Å². The molecule has 0 radical (unpaired) electrons. The Morgan fingerprint density at radius 2 is 1.90 bits per heavy atom. The molecule has 0 saturated carbocycles. The first-order valence-corrected chi connectivity index (χ1v) is 6.40. The zero-order valence-corrected chi connectivity index (χ0v) is 11.8. The Bertz CT molecular complexity index is 481. The zero-order valence-electron chi connectivity index (χ0n) is 11.0. The largest absolute Gasteiger partial charge is 0.449 e. The van der Waals surface area contributed by atoms with Crippen molar-refractivity contribution in [2.75, 3.05) is 6.61 Å². The van der Waals surface area contributed by atoms with Crippen molar-refractivity contribution in [2.45, 2.75) is 19.4 Å². The lowest BCUT2D eigenvalue weighted by Crippen LogP contribution is -2.22. The highest BCUT2D eigenvalue weighted by atomic mass is 35.5. The molecule has 1 rings (SSSR count). The molecule has 1 aromatic rings. The van der Waals surface area contributed by atoms with Crippen molar-refractivity contribution >= 4 is 23.8 Å². The highest BCUT2D eigenvalue weighted by molar-refractivity contribution is 6.31. The number of nitrogens with two attached hydrogens (primary N) is 2. The van der Waals surface area contributed by atoms with Crippen molar-refractivity contribution in [1.82, 2.24) is 0 Å². The molecule has 0 aliphatic rings. The fraction of sp³-hybridized carbons (Fsp3) is 0.385. The lowest BCUT2D eigenvalue weighted by Gasteiger charge is -2.21. The molecule has 2 amide bonds. The molecule has 0 fully saturated rings. The topological polar surface area (TPSA) is 105 Å². The fourth-order valence-corrected chi connectivity index (χ4v) is 2.03. The molecule has 110 valence electrons. The average molecular weight is 301 g/mol. The van der Waals surface area contributed by atoms with Crippen LogP contribution >= 0.6 is 11.6 Å². The number of amides is 2. The van der Waals surface area contributed by atoms with Crippen molar-refractivity contribution in [3.05, 3.63) is 34.9 Å². The number of carbonyl (C=O) groups is 2. The maximum atomic E-state index is 11.0. The molecule has 0 aliphatic heterocycles. The number of ether oxygens (including phenoxy) is 2. The summed E-state index contributed by atoms with van der Waals surface area (Å²) in [6.45, 7) is 1.95. The Labute approximate surface area is 122 Å². The Hall–Kier alpha value is -1.95. The van der Waals surface area contributed by atoms with Crippen LogP contribution in [0.15, 0.2) is 24.3 Å². The zero-order chi connectivity index (χ0) is 15.1. The molecule has 0 spiro atoms. The maximum Gasteiger partial charge on any atom is 0.405 e. The van der Waals surface area contributed by atoms with Crippen LogP contribution in [0.2, 0.25) is 5.02 Å². The van der Waals surface area contributed by atoms with Crippen LogP contribution in [-0.2, 0) is 9.47 Å². The Morgan fingerprint density at radius 1 is 1.25 bits per heavy atom. The Balaban J connectivity index is 2.77. The predicted octanol–water partition coefficient (Wildman–Crippen LogP) is 2.60. The first-order chi connectivity index (χ1) is 9.40. The third-order valence-corrected chi connectivity index (χ3v) is 2.98. The number of primary amides is 2. The summed E-state index contributed by atoms with van der Waals surface area (Å²) in [6, 6.07) is 6.99. The minimum Gasteiger partial charge on any atom is -0.449 e. The fourth-order valence-electron chi connectivity index (χ4n) is 1.77. The molecule has 1 aromatic carbocycles. The van der Waals surface area contributed by atoms with Gasteiger partial charge in [0.2, 0.25) is 0 Å². The van der Waals surface area contributed by atoms with Gasteiger partial charge in [0.05, 0.1) is 6.61 Å². The highest BCUT2D eigenvalue weighted by Crippen LogP contribution is 2.30. The third kappa shape index (κ3) is 5.36. The van der Waals surface area contributed by atoms with Gasteiger partial charge < -0.3 is 20.9 Å². The summed E-state index contributed by atoms with van der Waals surface area (Å²) in [5.41, 5.74) is 10.6. The molecule has 0 aliphatic carbocycles. The van der Waals surface area contributed by atoms with Gasteiger partial charge in [0, 0.05) is 10.6 Å². The lowest BCUT2D eigenvalue weighted by atomic mass is 9.98. The van der Waals surface area contributed by atoms with E-state index in [1.807, 2.05) is 6.92 Å². The predicted molar refractivity (Wildman–Crippen MR) is 74.2 cm³/mol. The lowest BCUT2D eigenvalue weighted by molar-refractivity contribution is 0.0763. The van der Waals surface area contributed by atoms with Gasteiger partial charge >= 0.3 is 12.2 Å². The van der Waals surface area contributed by atoms with Gasteiger partial charge in [0.1, 0.15) is 6.10 Å². The van der Waals surface area contributed by atoms with E-state index in [-0.39, 0.29) is 12.5 Å². The van der Waals surface area contributed by atoms with Crippen LogP contribution in [0.25, 0.3) is 0 Å². The molecule has 0 saturated heterocycles. The molecule has 7 heteroatoms. The molecule has 2 atom stereocenters. The summed E-state index contributed by atoms with van der Waals surface area (Å²) in [6.07, 6.45) is -1.94. The first-order valence-electron chi connectivity index (χ1n) is 6.03. The van der Waals surface area contributed by atoms with Gasteiger partial charge in [-0.15, -0.1) is 0 Å². The Morgan fingerprint density at radius 3 is 2.45 bits per heavy atom. The van der Waals surface area contributed by atoms with Crippen LogP contribution in [-0.4, -0.2) is 18.8 Å². The molecular weight excluding hydrogens is 284 g/mol. The van der Waals surface area contributed by atoms with Crippen LogP contribution in [0.1, 0.15) is 25.0 Å². The second-order valence-corrected chi connectivity index (χ2v) is 4.83. The van der Waals surface area contributed by atoms with Crippen molar-refractivity contribution in [3.63, 3.8) is 0 Å². The maximum absolute atomic E-state index is 11.0. The molecule has 0 bridgehead atoms. The van der Waals surface area contributed by atoms with Gasteiger partial charge in [-0.3, -0.25) is 0 Å². The summed E-state index contributed by atoms with van der Waals surface area (Å²) >= 11 is 6.08. The summed E-state index contributed by atoms with van der Waals surface area (Å²) < 4.78 is 9.79. The van der Waals surface area contributed by atoms with Crippen molar-refractivity contribution in [1.29, 1.82) is 0 Å². The normalized spacial score (nSPS) is 13.3. The van der Waals surface area contributed by atoms with Gasteiger partial charge in [0.25, 0.3) is 0 Å². The number of benzene rings is 1. The number of carbonyl (C=O) groups excluding carboxylic acids is 2. The van der Waals surface area contributed by atoms with E-state index in [0.717, 1.165) is 0 Å². The van der Waals surface area contributed by atoms with Gasteiger partial charge in [0.15, 0.2) is 0 Å². The second kappa shape index (κ2) is 7.59. The average Bonchev–Trinajstić information content (AvgIpc) is 2.35. The van der Waals surface area contributed by atoms with Gasteiger partial charge in [-0.1, -0.05) is 36.7 Å². The molecule has 4 N–H and O–H groups in total. The highest BCUT2D eigenvalue weighted by Gasteiger charge is 2.21. The molecular formula is C13H17ClN2O4. The molecule has 20 heavy (non-hydrogen) atoms. The van der Waals surface area contributed by atoms with Crippen molar-refractivity contribution in [2.24, 2.45) is 17.4 Å². The smallest absolute Gasteiger partial charge is 0.405 e. The first kappa shape index (κ1) is 16.1. The van der Waals surface area contributed by atoms with E-state index in [0.29, 0.717) is 17.0 Å². The summed E-state index contributed by atoms with van der Waals surface area (Å²) in [4.78, 5) is 21.6. The Kier molecular flexibility index (Phi) is 6.11. The molecule has 0 aromatic heterocycles. The van der Waals surface area contributed by atoms with Crippen molar-refractivity contribution < 1.29 is 19.1 Å². The van der Waals surface area contributed by atoms with E-state index in [4.69, 9.17) is 32.5 Å². The monoisotopic (exact) mass is 300 g/mol. The molecule has 0 unspecified atom stereocenters. The number of hydrogen-bond acceptors (Lipinski definition) is 4. The molecule has 6 nitrogen and oxygen atoms in total. The minimum atomic E-state index is -0.891. The number of rotatable bonds is 6. The van der Waals surface area contributed by atoms with Crippen LogP contribution < -0.4 is 11.5 Å². The van der Waals surface area contributed by atoms with E-state index < -0.39 is 18.3 Å². The summed E-state index contributed by atoms with van der Waals surface area (Å²) in [7, 11) is 0. The van der Waals surface area contributed by atoms with Gasteiger partial charge in [-0.05, 0) is 18.4 Å². The standard InChI is InChI=1S/C13H17ClN2O4/c1-8(7-19-12(15)17)6-11(20-13(16)18)9-4-2-3-5-10(9)14/h2-5,8,11H,6-7H2,1H3,(H2,15,17)(H2,16,18)/t8-,11-/m0/s1. The number of hydrogen-bond donors (Lipinski definition) is 2. The van der Waals surface area contributed by atoms with E-state index in [1.165, 1.54) is 0 Å². The van der Waals surface area contributed by atoms with Crippen LogP contribution in [0.3, 0.4) is 0 Å². The van der Waals surface area contributed by atoms with E-state index in [2.05, 4.69) is 0 Å².